The van der Waals surface area contributed by atoms with Gasteiger partial charge in [0.2, 0.25) is 5.91 Å². The summed E-state index contributed by atoms with van der Waals surface area (Å²) in [6.45, 7) is 5.24. The Kier molecular flexibility index (Phi) is 3.43. The molecule has 0 unspecified atom stereocenters. The molecule has 6 nitrogen and oxygen atoms in total. The molecule has 4 rings (SSSR count). The molecule has 1 amide bonds. The number of aromatic nitrogens is 2. The van der Waals surface area contributed by atoms with Crippen molar-refractivity contribution >= 4 is 5.91 Å². The molecule has 1 aromatic heterocycles. The summed E-state index contributed by atoms with van der Waals surface area (Å²) in [7, 11) is 0. The van der Waals surface area contributed by atoms with E-state index in [1.807, 2.05) is 6.20 Å². The van der Waals surface area contributed by atoms with Gasteiger partial charge in [0.1, 0.15) is 5.82 Å². The van der Waals surface area contributed by atoms with E-state index in [0.29, 0.717) is 12.6 Å². The number of amides is 1. The third-order valence-corrected chi connectivity index (χ3v) is 4.79. The Hall–Kier alpha value is -1.40. The van der Waals surface area contributed by atoms with E-state index in [0.717, 1.165) is 63.6 Å². The van der Waals surface area contributed by atoms with E-state index in [9.17, 15) is 4.79 Å². The maximum Gasteiger partial charge on any atom is 0.223 e. The third kappa shape index (κ3) is 2.70. The number of hydrogen-bond acceptors (Lipinski definition) is 4. The number of hydrogen-bond donors (Lipinski definition) is 1. The van der Waals surface area contributed by atoms with Crippen LogP contribution in [0.15, 0.2) is 6.20 Å². The SMILES string of the molecule is O=C(NCc1cnc2n1CCN([C@@H]1CCOC1)C2)C1CC1. The highest BCUT2D eigenvalue weighted by Gasteiger charge is 2.30. The Labute approximate surface area is 124 Å². The predicted molar refractivity (Wildman–Crippen MR) is 76.4 cm³/mol. The summed E-state index contributed by atoms with van der Waals surface area (Å²) in [5.74, 6) is 1.58. The van der Waals surface area contributed by atoms with E-state index in [1.54, 1.807) is 0 Å². The molecular formula is C15H22N4O2. The highest BCUT2D eigenvalue weighted by atomic mass is 16.5. The number of nitrogens with zero attached hydrogens (tertiary/aromatic N) is 3. The van der Waals surface area contributed by atoms with Crippen LogP contribution in [0.2, 0.25) is 0 Å². The Morgan fingerprint density at radius 1 is 1.38 bits per heavy atom. The van der Waals surface area contributed by atoms with E-state index in [4.69, 9.17) is 4.74 Å². The van der Waals surface area contributed by atoms with E-state index < -0.39 is 0 Å². The second-order valence-electron chi connectivity index (χ2n) is 6.30. The van der Waals surface area contributed by atoms with Crippen LogP contribution in [-0.2, 0) is 29.2 Å². The van der Waals surface area contributed by atoms with E-state index in [-0.39, 0.29) is 11.8 Å². The zero-order valence-electron chi connectivity index (χ0n) is 12.3. The molecule has 1 N–H and O–H groups in total. The van der Waals surface area contributed by atoms with Gasteiger partial charge in [0.25, 0.3) is 0 Å². The number of imidazole rings is 1. The second kappa shape index (κ2) is 5.42. The zero-order valence-corrected chi connectivity index (χ0v) is 12.3. The molecule has 6 heteroatoms. The molecule has 3 heterocycles. The van der Waals surface area contributed by atoms with Crippen LogP contribution in [0.4, 0.5) is 0 Å². The van der Waals surface area contributed by atoms with Gasteiger partial charge in [-0.1, -0.05) is 0 Å². The normalized spacial score (nSPS) is 25.8. The van der Waals surface area contributed by atoms with Gasteiger partial charge in [-0.15, -0.1) is 0 Å². The molecule has 0 spiro atoms. The lowest BCUT2D eigenvalue weighted by Gasteiger charge is -2.32. The Morgan fingerprint density at radius 2 is 2.29 bits per heavy atom. The predicted octanol–water partition coefficient (Wildman–Crippen LogP) is 0.514. The molecule has 1 aliphatic carbocycles. The van der Waals surface area contributed by atoms with Crippen molar-refractivity contribution in [2.75, 3.05) is 19.8 Å². The van der Waals surface area contributed by atoms with Crippen molar-refractivity contribution in [2.45, 2.75) is 44.9 Å². The molecule has 2 fully saturated rings. The number of nitrogens with one attached hydrogen (secondary N) is 1. The highest BCUT2D eigenvalue weighted by molar-refractivity contribution is 5.80. The first-order valence-electron chi connectivity index (χ1n) is 7.94. The molecule has 0 bridgehead atoms. The van der Waals surface area contributed by atoms with Crippen molar-refractivity contribution in [1.82, 2.24) is 19.8 Å². The van der Waals surface area contributed by atoms with Gasteiger partial charge in [0.15, 0.2) is 0 Å². The first-order chi connectivity index (χ1) is 10.3. The minimum atomic E-state index is 0.200. The van der Waals surface area contributed by atoms with Crippen LogP contribution in [0.5, 0.6) is 0 Å². The summed E-state index contributed by atoms with van der Waals surface area (Å²) in [6.07, 6.45) is 5.14. The summed E-state index contributed by atoms with van der Waals surface area (Å²) < 4.78 is 7.74. The molecule has 1 saturated heterocycles. The minimum Gasteiger partial charge on any atom is -0.380 e. The summed E-state index contributed by atoms with van der Waals surface area (Å²) >= 11 is 0. The number of ether oxygens (including phenoxy) is 1. The lowest BCUT2D eigenvalue weighted by atomic mass is 10.2. The maximum absolute atomic E-state index is 11.7. The first-order valence-corrected chi connectivity index (χ1v) is 7.94. The van der Waals surface area contributed by atoms with Crippen LogP contribution in [0.3, 0.4) is 0 Å². The average molecular weight is 290 g/mol. The second-order valence-corrected chi connectivity index (χ2v) is 6.30. The molecular weight excluding hydrogens is 268 g/mol. The smallest absolute Gasteiger partial charge is 0.223 e. The number of carbonyl (C=O) groups excluding carboxylic acids is 1. The van der Waals surface area contributed by atoms with Gasteiger partial charge < -0.3 is 14.6 Å². The monoisotopic (exact) mass is 290 g/mol. The van der Waals surface area contributed by atoms with Gasteiger partial charge in [-0.3, -0.25) is 9.69 Å². The third-order valence-electron chi connectivity index (χ3n) is 4.79. The van der Waals surface area contributed by atoms with E-state index in [2.05, 4.69) is 19.8 Å². The van der Waals surface area contributed by atoms with Crippen molar-refractivity contribution in [3.63, 3.8) is 0 Å². The van der Waals surface area contributed by atoms with Gasteiger partial charge in [0.05, 0.1) is 31.6 Å². The molecule has 1 saturated carbocycles. The summed E-state index contributed by atoms with van der Waals surface area (Å²) in [4.78, 5) is 18.8. The van der Waals surface area contributed by atoms with Gasteiger partial charge >= 0.3 is 0 Å². The van der Waals surface area contributed by atoms with Gasteiger partial charge in [-0.05, 0) is 19.3 Å². The molecule has 1 atom stereocenters. The molecule has 3 aliphatic rings. The van der Waals surface area contributed by atoms with Crippen molar-refractivity contribution in [2.24, 2.45) is 5.92 Å². The van der Waals surface area contributed by atoms with Crippen LogP contribution >= 0.6 is 0 Å². The summed E-state index contributed by atoms with van der Waals surface area (Å²) in [5.41, 5.74) is 1.13. The van der Waals surface area contributed by atoms with Crippen LogP contribution in [0.1, 0.15) is 30.8 Å². The number of carbonyl (C=O) groups is 1. The first kappa shape index (κ1) is 13.3. The average Bonchev–Trinajstić information content (AvgIpc) is 3.07. The zero-order chi connectivity index (χ0) is 14.2. The van der Waals surface area contributed by atoms with Gasteiger partial charge in [-0.2, -0.15) is 0 Å². The minimum absolute atomic E-state index is 0.200. The van der Waals surface area contributed by atoms with Crippen molar-refractivity contribution in [3.05, 3.63) is 17.7 Å². The standard InChI is InChI=1S/C15H22N4O2/c20-15(11-1-2-11)17-8-13-7-16-14-9-18(4-5-19(13)14)12-3-6-21-10-12/h7,11-12H,1-6,8-10H2,(H,17,20)/t12-/m1/s1. The van der Waals surface area contributed by atoms with E-state index >= 15 is 0 Å². The molecule has 21 heavy (non-hydrogen) atoms. The fourth-order valence-electron chi connectivity index (χ4n) is 3.27. The van der Waals surface area contributed by atoms with Crippen LogP contribution in [0, 0.1) is 5.92 Å². The Bertz CT molecular complexity index is 532. The summed E-state index contributed by atoms with van der Waals surface area (Å²) in [6, 6.07) is 0.550. The van der Waals surface area contributed by atoms with E-state index in [1.165, 1.54) is 0 Å². The molecule has 0 aromatic carbocycles. The molecule has 114 valence electrons. The Balaban J connectivity index is 1.39. The van der Waals surface area contributed by atoms with Crippen LogP contribution in [0.25, 0.3) is 0 Å². The van der Waals surface area contributed by atoms with Crippen molar-refractivity contribution < 1.29 is 9.53 Å². The van der Waals surface area contributed by atoms with Gasteiger partial charge in [0, 0.05) is 31.7 Å². The molecule has 1 aromatic rings. The fraction of sp³-hybridized carbons (Fsp3) is 0.733. The van der Waals surface area contributed by atoms with Crippen LogP contribution < -0.4 is 5.32 Å². The van der Waals surface area contributed by atoms with Crippen molar-refractivity contribution in [3.8, 4) is 0 Å². The van der Waals surface area contributed by atoms with Crippen molar-refractivity contribution in [1.29, 1.82) is 0 Å². The lowest BCUT2D eigenvalue weighted by molar-refractivity contribution is -0.122. The topological polar surface area (TPSA) is 59.4 Å². The number of rotatable bonds is 4. The van der Waals surface area contributed by atoms with Crippen LogP contribution in [-0.4, -0.2) is 46.2 Å². The quantitative estimate of drug-likeness (QED) is 0.878. The maximum atomic E-state index is 11.7. The highest BCUT2D eigenvalue weighted by Crippen LogP contribution is 2.29. The number of fused-ring (bicyclic) bond motifs is 1. The largest absolute Gasteiger partial charge is 0.380 e. The summed E-state index contributed by atoms with van der Waals surface area (Å²) in [5, 5.41) is 3.03. The lowest BCUT2D eigenvalue weighted by Crippen LogP contribution is -2.42. The Morgan fingerprint density at radius 3 is 3.05 bits per heavy atom. The fourth-order valence-corrected chi connectivity index (χ4v) is 3.27. The van der Waals surface area contributed by atoms with Gasteiger partial charge in [-0.25, -0.2) is 4.98 Å². The molecule has 2 aliphatic heterocycles. The molecule has 0 radical (unpaired) electrons.